The number of carboxylic acid groups (broad SMARTS) is 1. The minimum absolute atomic E-state index is 0.0512. The van der Waals surface area contributed by atoms with E-state index in [0.717, 1.165) is 0 Å². The van der Waals surface area contributed by atoms with E-state index in [1.807, 2.05) is 13.8 Å². The Morgan fingerprint density at radius 1 is 1.56 bits per heavy atom. The van der Waals surface area contributed by atoms with Gasteiger partial charge in [0.05, 0.1) is 12.1 Å². The number of thiazole rings is 1. The molecule has 0 bridgehead atoms. The highest BCUT2D eigenvalue weighted by atomic mass is 32.1. The Morgan fingerprint density at radius 2 is 2.22 bits per heavy atom. The summed E-state index contributed by atoms with van der Waals surface area (Å²) < 4.78 is 0. The third kappa shape index (κ3) is 4.70. The van der Waals surface area contributed by atoms with Gasteiger partial charge in [0.15, 0.2) is 5.13 Å². The summed E-state index contributed by atoms with van der Waals surface area (Å²) in [6, 6.07) is -0.853. The van der Waals surface area contributed by atoms with Gasteiger partial charge in [-0.05, 0) is 12.3 Å². The molecule has 0 spiro atoms. The number of aliphatic carboxylic acids is 1. The number of hydrogen-bond donors (Lipinski definition) is 3. The van der Waals surface area contributed by atoms with E-state index < -0.39 is 12.0 Å². The largest absolute Gasteiger partial charge is 0.480 e. The van der Waals surface area contributed by atoms with Gasteiger partial charge in [0.25, 0.3) is 0 Å². The van der Waals surface area contributed by atoms with E-state index >= 15 is 0 Å². The predicted molar refractivity (Wildman–Crippen MR) is 69.3 cm³/mol. The molecule has 0 saturated carbocycles. The van der Waals surface area contributed by atoms with Crippen molar-refractivity contribution in [3.63, 3.8) is 0 Å². The molecule has 0 fully saturated rings. The summed E-state index contributed by atoms with van der Waals surface area (Å²) in [5.74, 6) is -1.18. The molecular formula is C11H17N3O3S. The van der Waals surface area contributed by atoms with Crippen LogP contribution < -0.4 is 11.1 Å². The Kier molecular flexibility index (Phi) is 5.08. The van der Waals surface area contributed by atoms with Gasteiger partial charge in [0.1, 0.15) is 6.04 Å². The SMILES string of the molecule is CC(C)C[C@@H](NC(=O)Cc1csc(N)n1)C(=O)O. The van der Waals surface area contributed by atoms with Gasteiger partial charge in [-0.25, -0.2) is 9.78 Å². The maximum Gasteiger partial charge on any atom is 0.326 e. The Hall–Kier alpha value is -1.63. The number of anilines is 1. The van der Waals surface area contributed by atoms with Crippen LogP contribution in [0.4, 0.5) is 5.13 Å². The Morgan fingerprint density at radius 3 is 2.67 bits per heavy atom. The molecule has 1 aromatic rings. The maximum atomic E-state index is 11.7. The van der Waals surface area contributed by atoms with Gasteiger partial charge in [-0.1, -0.05) is 13.8 Å². The summed E-state index contributed by atoms with van der Waals surface area (Å²) >= 11 is 1.25. The predicted octanol–water partition coefficient (Wildman–Crippen LogP) is 0.883. The molecule has 1 aromatic heterocycles. The van der Waals surface area contributed by atoms with E-state index in [2.05, 4.69) is 10.3 Å². The van der Waals surface area contributed by atoms with Crippen molar-refractivity contribution in [3.05, 3.63) is 11.1 Å². The molecule has 18 heavy (non-hydrogen) atoms. The number of nitrogens with one attached hydrogen (secondary N) is 1. The highest BCUT2D eigenvalue weighted by molar-refractivity contribution is 7.13. The number of nitrogens with two attached hydrogens (primary N) is 1. The van der Waals surface area contributed by atoms with Gasteiger partial charge in [0.2, 0.25) is 5.91 Å². The molecule has 1 amide bonds. The van der Waals surface area contributed by atoms with Gasteiger partial charge in [-0.3, -0.25) is 4.79 Å². The summed E-state index contributed by atoms with van der Waals surface area (Å²) in [5.41, 5.74) is 6.01. The highest BCUT2D eigenvalue weighted by Crippen LogP contribution is 2.11. The number of amides is 1. The lowest BCUT2D eigenvalue weighted by Gasteiger charge is -2.16. The first kappa shape index (κ1) is 14.4. The molecule has 4 N–H and O–H groups in total. The second-order valence-electron chi connectivity index (χ2n) is 4.44. The smallest absolute Gasteiger partial charge is 0.326 e. The van der Waals surface area contributed by atoms with E-state index in [1.165, 1.54) is 11.3 Å². The monoisotopic (exact) mass is 271 g/mol. The van der Waals surface area contributed by atoms with Crippen molar-refractivity contribution >= 4 is 28.3 Å². The van der Waals surface area contributed by atoms with Crippen molar-refractivity contribution in [2.75, 3.05) is 5.73 Å². The number of nitrogens with zero attached hydrogens (tertiary/aromatic N) is 1. The second kappa shape index (κ2) is 6.34. The lowest BCUT2D eigenvalue weighted by atomic mass is 10.0. The minimum atomic E-state index is -1.02. The number of rotatable bonds is 6. The Labute approximate surface area is 109 Å². The van der Waals surface area contributed by atoms with Gasteiger partial charge in [-0.2, -0.15) is 0 Å². The van der Waals surface area contributed by atoms with Gasteiger partial charge >= 0.3 is 5.97 Å². The standard InChI is InChI=1S/C11H17N3O3S/c1-6(2)3-8(10(16)17)14-9(15)4-7-5-18-11(12)13-7/h5-6,8H,3-4H2,1-2H3,(H2,12,13)(H,14,15)(H,16,17)/t8-/m1/s1. The van der Waals surface area contributed by atoms with Crippen molar-refractivity contribution in [2.45, 2.75) is 32.7 Å². The fourth-order valence-electron chi connectivity index (χ4n) is 1.51. The van der Waals surface area contributed by atoms with Gasteiger partial charge < -0.3 is 16.2 Å². The molecule has 0 aliphatic heterocycles. The Bertz CT molecular complexity index is 431. The lowest BCUT2D eigenvalue weighted by Crippen LogP contribution is -2.42. The maximum absolute atomic E-state index is 11.7. The molecule has 1 heterocycles. The molecular weight excluding hydrogens is 254 g/mol. The van der Waals surface area contributed by atoms with Crippen LogP contribution in [0.1, 0.15) is 26.0 Å². The summed E-state index contributed by atoms with van der Waals surface area (Å²) in [5, 5.41) is 13.6. The summed E-state index contributed by atoms with van der Waals surface area (Å²) in [7, 11) is 0. The number of hydrogen-bond acceptors (Lipinski definition) is 5. The van der Waals surface area contributed by atoms with Crippen molar-refractivity contribution in [1.29, 1.82) is 0 Å². The summed E-state index contributed by atoms with van der Waals surface area (Å²) in [6.07, 6.45) is 0.454. The molecule has 6 nitrogen and oxygen atoms in total. The molecule has 0 unspecified atom stereocenters. The first-order valence-electron chi connectivity index (χ1n) is 5.60. The van der Waals surface area contributed by atoms with Crippen molar-refractivity contribution in [2.24, 2.45) is 5.92 Å². The summed E-state index contributed by atoms with van der Waals surface area (Å²) in [6.45, 7) is 3.81. The minimum Gasteiger partial charge on any atom is -0.480 e. The van der Waals surface area contributed by atoms with E-state index in [4.69, 9.17) is 10.8 Å². The molecule has 0 aliphatic carbocycles. The normalized spacial score (nSPS) is 12.4. The fourth-order valence-corrected chi connectivity index (χ4v) is 2.07. The van der Waals surface area contributed by atoms with Crippen LogP contribution in [0, 0.1) is 5.92 Å². The van der Waals surface area contributed by atoms with Crippen LogP contribution in [-0.2, 0) is 16.0 Å². The zero-order chi connectivity index (χ0) is 13.7. The van der Waals surface area contributed by atoms with Crippen LogP contribution in [0.2, 0.25) is 0 Å². The number of carbonyl (C=O) groups is 2. The first-order chi connectivity index (χ1) is 8.38. The molecule has 100 valence electrons. The number of carbonyl (C=O) groups excluding carboxylic acids is 1. The zero-order valence-electron chi connectivity index (χ0n) is 10.3. The van der Waals surface area contributed by atoms with Gasteiger partial charge in [-0.15, -0.1) is 11.3 Å². The lowest BCUT2D eigenvalue weighted by molar-refractivity contribution is -0.142. The number of carboxylic acids is 1. The molecule has 1 atom stereocenters. The molecule has 0 aliphatic rings. The van der Waals surface area contributed by atoms with E-state index in [-0.39, 0.29) is 18.2 Å². The van der Waals surface area contributed by atoms with E-state index in [9.17, 15) is 9.59 Å². The number of aromatic nitrogens is 1. The first-order valence-corrected chi connectivity index (χ1v) is 6.48. The zero-order valence-corrected chi connectivity index (χ0v) is 11.2. The molecule has 7 heteroatoms. The average Bonchev–Trinajstić information content (AvgIpc) is 2.62. The fraction of sp³-hybridized carbons (Fsp3) is 0.545. The second-order valence-corrected chi connectivity index (χ2v) is 5.33. The molecule has 0 radical (unpaired) electrons. The van der Waals surface area contributed by atoms with Crippen LogP contribution in [0.5, 0.6) is 0 Å². The third-order valence-electron chi connectivity index (χ3n) is 2.25. The van der Waals surface area contributed by atoms with Crippen LogP contribution in [0.3, 0.4) is 0 Å². The quantitative estimate of drug-likeness (QED) is 0.712. The van der Waals surface area contributed by atoms with Crippen LogP contribution in [-0.4, -0.2) is 28.0 Å². The molecule has 0 aromatic carbocycles. The van der Waals surface area contributed by atoms with Crippen LogP contribution in [0.15, 0.2) is 5.38 Å². The van der Waals surface area contributed by atoms with Crippen molar-refractivity contribution in [3.8, 4) is 0 Å². The molecule has 0 saturated heterocycles. The summed E-state index contributed by atoms with van der Waals surface area (Å²) in [4.78, 5) is 26.6. The Balaban J connectivity index is 2.53. The van der Waals surface area contributed by atoms with Crippen LogP contribution >= 0.6 is 11.3 Å². The topological polar surface area (TPSA) is 105 Å². The average molecular weight is 271 g/mol. The number of nitrogen functional groups attached to an aromatic ring is 1. The van der Waals surface area contributed by atoms with Crippen LogP contribution in [0.25, 0.3) is 0 Å². The van der Waals surface area contributed by atoms with E-state index in [1.54, 1.807) is 5.38 Å². The van der Waals surface area contributed by atoms with Crippen molar-refractivity contribution in [1.82, 2.24) is 10.3 Å². The highest BCUT2D eigenvalue weighted by Gasteiger charge is 2.21. The molecule has 1 rings (SSSR count). The van der Waals surface area contributed by atoms with Crippen molar-refractivity contribution < 1.29 is 14.7 Å². The van der Waals surface area contributed by atoms with E-state index in [0.29, 0.717) is 17.2 Å². The third-order valence-corrected chi connectivity index (χ3v) is 2.97. The van der Waals surface area contributed by atoms with Gasteiger partial charge in [0, 0.05) is 5.38 Å².